The van der Waals surface area contributed by atoms with Gasteiger partial charge in [-0.05, 0) is 13.3 Å². The van der Waals surface area contributed by atoms with Gasteiger partial charge in [-0.1, -0.05) is 30.3 Å². The molecule has 0 aliphatic carbocycles. The molecule has 0 radical (unpaired) electrons. The van der Waals surface area contributed by atoms with Crippen molar-refractivity contribution in [1.82, 2.24) is 14.6 Å². The Morgan fingerprint density at radius 3 is 2.55 bits per heavy atom. The second-order valence-corrected chi connectivity index (χ2v) is 5.26. The summed E-state index contributed by atoms with van der Waals surface area (Å²) in [4.78, 5) is 7.10. The highest BCUT2D eigenvalue weighted by atomic mass is 15.4. The van der Waals surface area contributed by atoms with Crippen LogP contribution in [0.5, 0.6) is 0 Å². The average Bonchev–Trinajstić information content (AvgIpc) is 2.78. The third-order valence-electron chi connectivity index (χ3n) is 3.78. The van der Waals surface area contributed by atoms with Gasteiger partial charge in [0.05, 0.1) is 11.4 Å². The summed E-state index contributed by atoms with van der Waals surface area (Å²) < 4.78 is 1.96. The van der Waals surface area contributed by atoms with Gasteiger partial charge in [0, 0.05) is 30.8 Å². The molecule has 0 atom stereocenters. The first-order valence-corrected chi connectivity index (χ1v) is 6.99. The van der Waals surface area contributed by atoms with Gasteiger partial charge in [-0.25, -0.2) is 4.98 Å². The number of aromatic nitrogens is 3. The van der Waals surface area contributed by atoms with Crippen molar-refractivity contribution in [3.05, 3.63) is 48.2 Å². The summed E-state index contributed by atoms with van der Waals surface area (Å²) in [6, 6.07) is 14.5. The Bertz CT molecular complexity index is 757. The van der Waals surface area contributed by atoms with Gasteiger partial charge in [0.2, 0.25) is 0 Å². The summed E-state index contributed by atoms with van der Waals surface area (Å²) in [7, 11) is 0. The zero-order valence-electron chi connectivity index (χ0n) is 11.5. The summed E-state index contributed by atoms with van der Waals surface area (Å²) in [5.41, 5.74) is 4.09. The Labute approximate surface area is 117 Å². The van der Waals surface area contributed by atoms with Crippen molar-refractivity contribution in [2.45, 2.75) is 13.3 Å². The smallest absolute Gasteiger partial charge is 0.158 e. The zero-order chi connectivity index (χ0) is 13.5. The number of nitrogens with zero attached hydrogens (tertiary/aromatic N) is 4. The second-order valence-electron chi connectivity index (χ2n) is 5.26. The first-order valence-electron chi connectivity index (χ1n) is 6.99. The topological polar surface area (TPSA) is 33.4 Å². The molecule has 1 aromatic carbocycles. The molecular formula is C16H16N4. The number of anilines is 1. The van der Waals surface area contributed by atoms with E-state index in [1.54, 1.807) is 0 Å². The minimum Gasteiger partial charge on any atom is -0.356 e. The molecule has 4 nitrogen and oxygen atoms in total. The monoisotopic (exact) mass is 264 g/mol. The quantitative estimate of drug-likeness (QED) is 0.713. The molecule has 0 saturated carbocycles. The number of hydrogen-bond acceptors (Lipinski definition) is 3. The molecular weight excluding hydrogens is 248 g/mol. The van der Waals surface area contributed by atoms with Gasteiger partial charge >= 0.3 is 0 Å². The van der Waals surface area contributed by atoms with Gasteiger partial charge < -0.3 is 4.90 Å². The fraction of sp³-hybridized carbons (Fsp3) is 0.250. The van der Waals surface area contributed by atoms with E-state index in [0.717, 1.165) is 41.5 Å². The van der Waals surface area contributed by atoms with Gasteiger partial charge in [0.1, 0.15) is 5.82 Å². The van der Waals surface area contributed by atoms with Gasteiger partial charge in [-0.15, -0.1) is 0 Å². The van der Waals surface area contributed by atoms with E-state index >= 15 is 0 Å². The van der Waals surface area contributed by atoms with Crippen LogP contribution in [0.4, 0.5) is 5.82 Å². The van der Waals surface area contributed by atoms with Crippen LogP contribution < -0.4 is 4.90 Å². The van der Waals surface area contributed by atoms with Crippen LogP contribution in [0.1, 0.15) is 12.1 Å². The minimum absolute atomic E-state index is 0.922. The van der Waals surface area contributed by atoms with Crippen LogP contribution in [0, 0.1) is 6.92 Å². The highest BCUT2D eigenvalue weighted by molar-refractivity contribution is 5.67. The van der Waals surface area contributed by atoms with E-state index < -0.39 is 0 Å². The van der Waals surface area contributed by atoms with Crippen LogP contribution in [-0.4, -0.2) is 27.7 Å². The van der Waals surface area contributed by atoms with Crippen LogP contribution in [0.15, 0.2) is 42.5 Å². The number of aryl methyl sites for hydroxylation is 1. The molecule has 1 saturated heterocycles. The molecule has 3 heterocycles. The van der Waals surface area contributed by atoms with Crippen molar-refractivity contribution in [3.8, 4) is 11.3 Å². The molecule has 0 bridgehead atoms. The molecule has 0 spiro atoms. The zero-order valence-corrected chi connectivity index (χ0v) is 11.5. The van der Waals surface area contributed by atoms with Crippen molar-refractivity contribution >= 4 is 11.5 Å². The first kappa shape index (κ1) is 11.5. The van der Waals surface area contributed by atoms with E-state index in [0.29, 0.717) is 0 Å². The molecule has 0 N–H and O–H groups in total. The van der Waals surface area contributed by atoms with E-state index in [2.05, 4.69) is 28.2 Å². The third-order valence-corrected chi connectivity index (χ3v) is 3.78. The Kier molecular flexibility index (Phi) is 2.49. The molecule has 2 aromatic heterocycles. The summed E-state index contributed by atoms with van der Waals surface area (Å²) in [5, 5.41) is 4.56. The summed E-state index contributed by atoms with van der Waals surface area (Å²) in [5.74, 6) is 1.15. The van der Waals surface area contributed by atoms with Gasteiger partial charge in [-0.2, -0.15) is 9.61 Å². The van der Waals surface area contributed by atoms with Gasteiger partial charge in [0.25, 0.3) is 0 Å². The van der Waals surface area contributed by atoms with Crippen molar-refractivity contribution in [2.24, 2.45) is 0 Å². The van der Waals surface area contributed by atoms with E-state index in [4.69, 9.17) is 4.98 Å². The number of benzene rings is 1. The largest absolute Gasteiger partial charge is 0.356 e. The van der Waals surface area contributed by atoms with Crippen LogP contribution in [0.3, 0.4) is 0 Å². The van der Waals surface area contributed by atoms with Crippen molar-refractivity contribution in [3.63, 3.8) is 0 Å². The fourth-order valence-corrected chi connectivity index (χ4v) is 2.60. The fourth-order valence-electron chi connectivity index (χ4n) is 2.60. The predicted octanol–water partition coefficient (Wildman–Crippen LogP) is 2.91. The Morgan fingerprint density at radius 2 is 1.85 bits per heavy atom. The molecule has 20 heavy (non-hydrogen) atoms. The average molecular weight is 264 g/mol. The highest BCUT2D eigenvalue weighted by Crippen LogP contribution is 2.27. The van der Waals surface area contributed by atoms with Gasteiger partial charge in [0.15, 0.2) is 5.65 Å². The first-order chi connectivity index (χ1) is 9.81. The Morgan fingerprint density at radius 1 is 1.05 bits per heavy atom. The number of rotatable bonds is 2. The number of fused-ring (bicyclic) bond motifs is 1. The predicted molar refractivity (Wildman–Crippen MR) is 80.0 cm³/mol. The lowest BCUT2D eigenvalue weighted by molar-refractivity contribution is 0.599. The molecule has 100 valence electrons. The minimum atomic E-state index is 0.922. The third kappa shape index (κ3) is 1.76. The van der Waals surface area contributed by atoms with Crippen molar-refractivity contribution in [1.29, 1.82) is 0 Å². The maximum atomic E-state index is 4.74. The van der Waals surface area contributed by atoms with Crippen LogP contribution in [0.2, 0.25) is 0 Å². The molecule has 0 amide bonds. The van der Waals surface area contributed by atoms with Crippen LogP contribution in [0.25, 0.3) is 16.9 Å². The van der Waals surface area contributed by atoms with Crippen LogP contribution in [-0.2, 0) is 0 Å². The van der Waals surface area contributed by atoms with Crippen molar-refractivity contribution < 1.29 is 0 Å². The molecule has 1 fully saturated rings. The standard InChI is InChI=1S/C16H16N4/c1-12-10-15-17-14(13-6-3-2-4-7-13)11-16(20(15)18-12)19-8-5-9-19/h2-4,6-7,10-11H,5,8-9H2,1H3. The summed E-state index contributed by atoms with van der Waals surface area (Å²) >= 11 is 0. The molecule has 4 heteroatoms. The second kappa shape index (κ2) is 4.34. The van der Waals surface area contributed by atoms with E-state index in [-0.39, 0.29) is 0 Å². The molecule has 1 aliphatic heterocycles. The SMILES string of the molecule is Cc1cc2nc(-c3ccccc3)cc(N3CCC3)n2n1. The van der Waals surface area contributed by atoms with E-state index in [1.165, 1.54) is 6.42 Å². The van der Waals surface area contributed by atoms with Crippen LogP contribution >= 0.6 is 0 Å². The Hall–Kier alpha value is -2.36. The maximum absolute atomic E-state index is 4.74. The molecule has 4 rings (SSSR count). The maximum Gasteiger partial charge on any atom is 0.158 e. The van der Waals surface area contributed by atoms with E-state index in [1.807, 2.05) is 35.7 Å². The lowest BCUT2D eigenvalue weighted by atomic mass is 10.1. The lowest BCUT2D eigenvalue weighted by Crippen LogP contribution is -2.38. The highest BCUT2D eigenvalue weighted by Gasteiger charge is 2.19. The van der Waals surface area contributed by atoms with Gasteiger partial charge in [-0.3, -0.25) is 0 Å². The summed E-state index contributed by atoms with van der Waals surface area (Å²) in [6.07, 6.45) is 1.25. The van der Waals surface area contributed by atoms with E-state index in [9.17, 15) is 0 Å². The summed E-state index contributed by atoms with van der Waals surface area (Å²) in [6.45, 7) is 4.22. The van der Waals surface area contributed by atoms with Crippen molar-refractivity contribution in [2.75, 3.05) is 18.0 Å². The Balaban J connectivity index is 1.94. The molecule has 3 aromatic rings. The molecule has 0 unspecified atom stereocenters. The normalized spacial score (nSPS) is 14.6. The molecule has 1 aliphatic rings. The lowest BCUT2D eigenvalue weighted by Gasteiger charge is -2.33. The number of hydrogen-bond donors (Lipinski definition) is 0.